The lowest BCUT2D eigenvalue weighted by molar-refractivity contribution is 0.0664. The van der Waals surface area contributed by atoms with Gasteiger partial charge < -0.3 is 15.0 Å². The van der Waals surface area contributed by atoms with Gasteiger partial charge in [-0.1, -0.05) is 4.89 Å². The van der Waals surface area contributed by atoms with Crippen LogP contribution in [0.1, 0.15) is 10.4 Å². The van der Waals surface area contributed by atoms with Crippen molar-refractivity contribution < 1.29 is 18.4 Å². The van der Waals surface area contributed by atoms with Crippen LogP contribution in [0.3, 0.4) is 0 Å². The summed E-state index contributed by atoms with van der Waals surface area (Å²) in [6.07, 6.45) is 0. The first-order chi connectivity index (χ1) is 8.94. The molecule has 1 saturated heterocycles. The number of piperazine rings is 1. The second kappa shape index (κ2) is 5.55. The third-order valence-corrected chi connectivity index (χ3v) is 5.55. The Hall–Kier alpha value is -1.00. The molecule has 9 heteroatoms. The second-order valence-corrected chi connectivity index (χ2v) is 7.14. The lowest BCUT2D eigenvalue weighted by atomic mass is 10.2. The molecule has 1 fully saturated rings. The minimum Gasteiger partial charge on any atom is -0.336 e. The van der Waals surface area contributed by atoms with E-state index in [4.69, 9.17) is 5.21 Å². The van der Waals surface area contributed by atoms with Gasteiger partial charge in [-0.2, -0.15) is 0 Å². The van der Waals surface area contributed by atoms with E-state index in [0.717, 1.165) is 24.4 Å². The summed E-state index contributed by atoms with van der Waals surface area (Å²) < 4.78 is 22.7. The molecule has 0 bridgehead atoms. The van der Waals surface area contributed by atoms with Crippen molar-refractivity contribution in [1.29, 1.82) is 0 Å². The quantitative estimate of drug-likeness (QED) is 0.755. The monoisotopic (exact) mass is 305 g/mol. The Morgan fingerprint density at radius 3 is 2.58 bits per heavy atom. The number of thiophene rings is 1. The molecule has 1 amide bonds. The fraction of sp³-hybridized carbons (Fsp3) is 0.500. The van der Waals surface area contributed by atoms with E-state index in [2.05, 4.69) is 4.90 Å². The highest BCUT2D eigenvalue weighted by atomic mass is 32.2. The third kappa shape index (κ3) is 3.12. The van der Waals surface area contributed by atoms with Gasteiger partial charge in [0.15, 0.2) is 0 Å². The van der Waals surface area contributed by atoms with Gasteiger partial charge in [-0.05, 0) is 13.1 Å². The highest BCUT2D eigenvalue weighted by Gasteiger charge is 2.23. The van der Waals surface area contributed by atoms with E-state index >= 15 is 0 Å². The first-order valence-corrected chi connectivity index (χ1v) is 8.02. The Labute approximate surface area is 115 Å². The Morgan fingerprint density at radius 2 is 2.00 bits per heavy atom. The molecule has 2 N–H and O–H groups in total. The van der Waals surface area contributed by atoms with Gasteiger partial charge in [-0.15, -0.1) is 11.3 Å². The fourth-order valence-electron chi connectivity index (χ4n) is 1.81. The van der Waals surface area contributed by atoms with Gasteiger partial charge in [-0.25, -0.2) is 8.42 Å². The van der Waals surface area contributed by atoms with Crippen LogP contribution in [-0.2, 0) is 10.0 Å². The normalized spacial score (nSPS) is 17.7. The molecule has 2 rings (SSSR count). The third-order valence-electron chi connectivity index (χ3n) is 3.00. The van der Waals surface area contributed by atoms with Gasteiger partial charge in [0.2, 0.25) is 0 Å². The predicted molar refractivity (Wildman–Crippen MR) is 69.8 cm³/mol. The largest absolute Gasteiger partial charge is 0.336 e. The number of likely N-dealkylation sites (N-methyl/N-ethyl adjacent to an activating group) is 1. The number of hydrogen-bond acceptors (Lipinski definition) is 6. The van der Waals surface area contributed by atoms with Gasteiger partial charge >= 0.3 is 0 Å². The van der Waals surface area contributed by atoms with Crippen LogP contribution in [0.5, 0.6) is 0 Å². The van der Waals surface area contributed by atoms with Crippen molar-refractivity contribution >= 4 is 27.3 Å². The van der Waals surface area contributed by atoms with E-state index in [9.17, 15) is 13.2 Å². The maximum atomic E-state index is 12.2. The maximum absolute atomic E-state index is 12.2. The summed E-state index contributed by atoms with van der Waals surface area (Å²) in [7, 11) is -1.92. The van der Waals surface area contributed by atoms with Gasteiger partial charge in [-0.3, -0.25) is 4.79 Å². The van der Waals surface area contributed by atoms with Crippen molar-refractivity contribution in [2.75, 3.05) is 33.2 Å². The van der Waals surface area contributed by atoms with Crippen LogP contribution in [0.15, 0.2) is 15.7 Å². The molecule has 1 aliphatic rings. The summed E-state index contributed by atoms with van der Waals surface area (Å²) in [4.78, 5) is 17.2. The molecule has 1 aromatic rings. The molecule has 1 aliphatic heterocycles. The van der Waals surface area contributed by atoms with E-state index in [0.29, 0.717) is 18.7 Å². The highest BCUT2D eigenvalue weighted by molar-refractivity contribution is 7.91. The second-order valence-electron chi connectivity index (χ2n) is 4.34. The molecule has 0 atom stereocenters. The zero-order valence-corrected chi connectivity index (χ0v) is 12.0. The lowest BCUT2D eigenvalue weighted by Crippen LogP contribution is -2.47. The first kappa shape index (κ1) is 14.4. The van der Waals surface area contributed by atoms with Crippen LogP contribution >= 0.6 is 11.3 Å². The summed E-state index contributed by atoms with van der Waals surface area (Å²) in [5, 5.41) is 10.0. The number of hydrogen-bond donors (Lipinski definition) is 2. The SMILES string of the molecule is CN1CCN(C(=O)c2csc(S(=O)(=O)NO)c2)CC1. The van der Waals surface area contributed by atoms with Crippen molar-refractivity contribution in [2.45, 2.75) is 4.21 Å². The number of carbonyl (C=O) groups is 1. The van der Waals surface area contributed by atoms with Crippen LogP contribution < -0.4 is 4.89 Å². The molecular formula is C10H15N3O4S2. The van der Waals surface area contributed by atoms with Crippen molar-refractivity contribution in [1.82, 2.24) is 14.7 Å². The molecule has 0 aliphatic carbocycles. The molecule has 2 heterocycles. The van der Waals surface area contributed by atoms with Crippen molar-refractivity contribution in [3.63, 3.8) is 0 Å². The van der Waals surface area contributed by atoms with E-state index in [1.807, 2.05) is 7.05 Å². The first-order valence-electron chi connectivity index (χ1n) is 5.66. The minimum atomic E-state index is -3.91. The number of sulfonamides is 1. The summed E-state index contributed by atoms with van der Waals surface area (Å²) in [5.41, 5.74) is 0.336. The molecule has 0 spiro atoms. The van der Waals surface area contributed by atoms with Gasteiger partial charge in [0.25, 0.3) is 15.9 Å². The zero-order valence-electron chi connectivity index (χ0n) is 10.4. The summed E-state index contributed by atoms with van der Waals surface area (Å²) in [6.45, 7) is 2.87. The topological polar surface area (TPSA) is 90.0 Å². The highest BCUT2D eigenvalue weighted by Crippen LogP contribution is 2.21. The summed E-state index contributed by atoms with van der Waals surface area (Å²) in [6, 6.07) is 1.28. The molecular weight excluding hydrogens is 290 g/mol. The number of nitrogens with zero attached hydrogens (tertiary/aromatic N) is 2. The standard InChI is InChI=1S/C10H15N3O4S2/c1-12-2-4-13(5-3-12)10(14)8-6-9(18-7-8)19(16,17)11-15/h6-7,11,15H,2-5H2,1H3. The van der Waals surface area contributed by atoms with Crippen LogP contribution in [0, 0.1) is 0 Å². The van der Waals surface area contributed by atoms with E-state index in [1.54, 1.807) is 4.90 Å². The molecule has 0 unspecified atom stereocenters. The van der Waals surface area contributed by atoms with Crippen LogP contribution in [0.25, 0.3) is 0 Å². The molecule has 106 valence electrons. The molecule has 0 saturated carbocycles. The molecule has 0 radical (unpaired) electrons. The fourth-order valence-corrected chi connectivity index (χ4v) is 3.55. The van der Waals surface area contributed by atoms with Gasteiger partial charge in [0.05, 0.1) is 5.56 Å². The Bertz CT molecular complexity index is 561. The number of carbonyl (C=O) groups excluding carboxylic acids is 1. The summed E-state index contributed by atoms with van der Waals surface area (Å²) >= 11 is 0.906. The lowest BCUT2D eigenvalue weighted by Gasteiger charge is -2.32. The minimum absolute atomic E-state index is 0.0764. The van der Waals surface area contributed by atoms with Gasteiger partial charge in [0, 0.05) is 31.6 Å². The van der Waals surface area contributed by atoms with Crippen LogP contribution in [0.2, 0.25) is 0 Å². The smallest absolute Gasteiger partial charge is 0.271 e. The molecule has 0 aromatic carbocycles. The summed E-state index contributed by atoms with van der Waals surface area (Å²) in [5.74, 6) is -0.177. The molecule has 7 nitrogen and oxygen atoms in total. The van der Waals surface area contributed by atoms with E-state index in [-0.39, 0.29) is 10.1 Å². The zero-order chi connectivity index (χ0) is 14.0. The van der Waals surface area contributed by atoms with Crippen molar-refractivity contribution in [3.8, 4) is 0 Å². The Morgan fingerprint density at radius 1 is 1.37 bits per heavy atom. The van der Waals surface area contributed by atoms with E-state index < -0.39 is 10.0 Å². The number of nitrogens with one attached hydrogen (secondary N) is 1. The van der Waals surface area contributed by atoms with Crippen LogP contribution in [-0.4, -0.2) is 62.6 Å². The van der Waals surface area contributed by atoms with Crippen molar-refractivity contribution in [3.05, 3.63) is 17.0 Å². The molecule has 1 aromatic heterocycles. The van der Waals surface area contributed by atoms with E-state index in [1.165, 1.54) is 16.3 Å². The Balaban J connectivity index is 2.13. The average molecular weight is 305 g/mol. The number of amides is 1. The molecule has 19 heavy (non-hydrogen) atoms. The van der Waals surface area contributed by atoms with Crippen molar-refractivity contribution in [2.24, 2.45) is 0 Å². The number of rotatable bonds is 3. The Kier molecular flexibility index (Phi) is 4.21. The predicted octanol–water partition coefficient (Wildman–Crippen LogP) is -0.197. The maximum Gasteiger partial charge on any atom is 0.271 e. The van der Waals surface area contributed by atoms with Gasteiger partial charge in [0.1, 0.15) is 4.21 Å². The van der Waals surface area contributed by atoms with Crippen LogP contribution in [0.4, 0.5) is 0 Å². The average Bonchev–Trinajstić information content (AvgIpc) is 2.89.